The Bertz CT molecular complexity index is 736. The molecule has 6 nitrogen and oxygen atoms in total. The lowest BCUT2D eigenvalue weighted by Gasteiger charge is -2.11. The van der Waals surface area contributed by atoms with Crippen molar-refractivity contribution in [1.29, 1.82) is 0 Å². The molecule has 0 aliphatic heterocycles. The van der Waals surface area contributed by atoms with Crippen LogP contribution in [0, 0.1) is 6.92 Å². The van der Waals surface area contributed by atoms with E-state index in [0.717, 1.165) is 10.7 Å². The van der Waals surface area contributed by atoms with Crippen LogP contribution < -0.4 is 10.1 Å². The van der Waals surface area contributed by atoms with E-state index in [1.54, 1.807) is 44.4 Å². The summed E-state index contributed by atoms with van der Waals surface area (Å²) in [4.78, 5) is 29.0. The van der Waals surface area contributed by atoms with E-state index in [-0.39, 0.29) is 18.4 Å². The number of carbonyl (C=O) groups is 2. The fraction of sp³-hybridized carbons (Fsp3) is 0.235. The van der Waals surface area contributed by atoms with Crippen LogP contribution in [0.1, 0.15) is 10.7 Å². The molecule has 0 atom stereocenters. The summed E-state index contributed by atoms with van der Waals surface area (Å²) in [6.45, 7) is 1.90. The zero-order valence-electron chi connectivity index (χ0n) is 13.8. The normalized spacial score (nSPS) is 10.6. The summed E-state index contributed by atoms with van der Waals surface area (Å²) < 4.78 is 5.37. The number of thiazole rings is 1. The summed E-state index contributed by atoms with van der Waals surface area (Å²) in [7, 11) is 3.34. The summed E-state index contributed by atoms with van der Waals surface area (Å²) in [5.41, 5.74) is 1.41. The Balaban J connectivity index is 1.85. The number of rotatable bonds is 6. The first-order valence-electron chi connectivity index (χ1n) is 7.28. The fourth-order valence-corrected chi connectivity index (χ4v) is 2.29. The molecule has 126 valence electrons. The van der Waals surface area contributed by atoms with Gasteiger partial charge in [0.2, 0.25) is 5.91 Å². The summed E-state index contributed by atoms with van der Waals surface area (Å²) in [6, 6.07) is 6.83. The smallest absolute Gasteiger partial charge is 0.259 e. The van der Waals surface area contributed by atoms with Gasteiger partial charge in [0.15, 0.2) is 6.61 Å². The van der Waals surface area contributed by atoms with E-state index in [0.29, 0.717) is 11.4 Å². The molecular formula is C17H19N3O3S. The molecule has 0 fully saturated rings. The van der Waals surface area contributed by atoms with Crippen molar-refractivity contribution in [3.05, 3.63) is 46.4 Å². The number of amides is 2. The maximum Gasteiger partial charge on any atom is 0.259 e. The highest BCUT2D eigenvalue weighted by Gasteiger charge is 2.05. The second-order valence-electron chi connectivity index (χ2n) is 5.22. The van der Waals surface area contributed by atoms with Crippen LogP contribution in [0.4, 0.5) is 5.69 Å². The molecule has 1 aromatic carbocycles. The molecule has 0 saturated carbocycles. The third-order valence-corrected chi connectivity index (χ3v) is 3.82. The lowest BCUT2D eigenvalue weighted by atomic mass is 10.3. The van der Waals surface area contributed by atoms with Crippen LogP contribution in [0.5, 0.6) is 5.75 Å². The van der Waals surface area contributed by atoms with Gasteiger partial charge in [-0.2, -0.15) is 0 Å². The zero-order chi connectivity index (χ0) is 17.5. The predicted molar refractivity (Wildman–Crippen MR) is 95.1 cm³/mol. The van der Waals surface area contributed by atoms with Crippen molar-refractivity contribution in [3.63, 3.8) is 0 Å². The van der Waals surface area contributed by atoms with E-state index in [4.69, 9.17) is 4.74 Å². The molecule has 0 radical (unpaired) electrons. The van der Waals surface area contributed by atoms with Crippen LogP contribution >= 0.6 is 11.3 Å². The first kappa shape index (κ1) is 17.7. The van der Waals surface area contributed by atoms with Gasteiger partial charge in [-0.1, -0.05) is 0 Å². The minimum absolute atomic E-state index is 0.0193. The number of nitrogens with zero attached hydrogens (tertiary/aromatic N) is 2. The number of aromatic nitrogens is 1. The van der Waals surface area contributed by atoms with Gasteiger partial charge in [-0.25, -0.2) is 4.98 Å². The maximum atomic E-state index is 11.9. The predicted octanol–water partition coefficient (Wildman–Crippen LogP) is 2.57. The number of hydrogen-bond acceptors (Lipinski definition) is 5. The van der Waals surface area contributed by atoms with Crippen molar-refractivity contribution in [1.82, 2.24) is 9.88 Å². The van der Waals surface area contributed by atoms with Gasteiger partial charge in [0, 0.05) is 31.2 Å². The van der Waals surface area contributed by atoms with Gasteiger partial charge < -0.3 is 15.0 Å². The molecule has 7 heteroatoms. The van der Waals surface area contributed by atoms with Gasteiger partial charge in [-0.05, 0) is 37.3 Å². The Morgan fingerprint density at radius 1 is 1.29 bits per heavy atom. The van der Waals surface area contributed by atoms with Crippen molar-refractivity contribution in [2.24, 2.45) is 0 Å². The van der Waals surface area contributed by atoms with E-state index in [2.05, 4.69) is 10.3 Å². The fourth-order valence-electron chi connectivity index (χ4n) is 1.71. The highest BCUT2D eigenvalue weighted by molar-refractivity contribution is 7.09. The third kappa shape index (κ3) is 5.51. The van der Waals surface area contributed by atoms with E-state index in [9.17, 15) is 9.59 Å². The van der Waals surface area contributed by atoms with E-state index in [1.165, 1.54) is 22.3 Å². The van der Waals surface area contributed by atoms with Gasteiger partial charge >= 0.3 is 0 Å². The molecule has 2 aromatic rings. The molecule has 0 aliphatic rings. The monoisotopic (exact) mass is 345 g/mol. The van der Waals surface area contributed by atoms with Crippen LogP contribution in [-0.4, -0.2) is 42.4 Å². The number of benzene rings is 1. The summed E-state index contributed by atoms with van der Waals surface area (Å²) in [5.74, 6) is 0.212. The molecule has 0 unspecified atom stereocenters. The minimum Gasteiger partial charge on any atom is -0.484 e. The molecule has 1 N–H and O–H groups in total. The largest absolute Gasteiger partial charge is 0.484 e. The molecule has 2 rings (SSSR count). The maximum absolute atomic E-state index is 11.9. The Hall–Kier alpha value is -2.67. The van der Waals surface area contributed by atoms with Gasteiger partial charge in [0.05, 0.1) is 10.7 Å². The standard InChI is InChI=1S/C17H19N3O3S/c1-12-18-14(11-24-12)6-9-16(21)19-13-4-7-15(8-5-13)23-10-17(22)20(2)3/h4-9,11H,10H2,1-3H3,(H,19,21)/b9-6+. The van der Waals surface area contributed by atoms with Crippen LogP contribution in [-0.2, 0) is 9.59 Å². The average Bonchev–Trinajstić information content (AvgIpc) is 2.97. The number of aryl methyl sites for hydroxylation is 1. The van der Waals surface area contributed by atoms with E-state index in [1.807, 2.05) is 12.3 Å². The Labute approximate surface area is 144 Å². The number of carbonyl (C=O) groups excluding carboxylic acids is 2. The second-order valence-corrected chi connectivity index (χ2v) is 6.28. The van der Waals surface area contributed by atoms with E-state index < -0.39 is 0 Å². The molecule has 0 spiro atoms. The van der Waals surface area contributed by atoms with Crippen molar-refractivity contribution in [3.8, 4) is 5.75 Å². The minimum atomic E-state index is -0.239. The second kappa shape index (κ2) is 8.26. The van der Waals surface area contributed by atoms with Crippen molar-refractivity contribution in [2.75, 3.05) is 26.0 Å². The Morgan fingerprint density at radius 2 is 2.00 bits per heavy atom. The van der Waals surface area contributed by atoms with Crippen LogP contribution in [0.25, 0.3) is 6.08 Å². The SMILES string of the molecule is Cc1nc(/C=C/C(=O)Nc2ccc(OCC(=O)N(C)C)cc2)cs1. The van der Waals surface area contributed by atoms with Crippen LogP contribution in [0.2, 0.25) is 0 Å². The Morgan fingerprint density at radius 3 is 2.58 bits per heavy atom. The number of likely N-dealkylation sites (N-methyl/N-ethyl adjacent to an activating group) is 1. The van der Waals surface area contributed by atoms with Crippen molar-refractivity contribution >= 4 is 34.9 Å². The zero-order valence-corrected chi connectivity index (χ0v) is 14.6. The molecule has 2 amide bonds. The van der Waals surface area contributed by atoms with Crippen molar-refractivity contribution in [2.45, 2.75) is 6.92 Å². The molecule has 0 saturated heterocycles. The lowest BCUT2D eigenvalue weighted by Crippen LogP contribution is -2.27. The lowest BCUT2D eigenvalue weighted by molar-refractivity contribution is -0.130. The van der Waals surface area contributed by atoms with E-state index >= 15 is 0 Å². The van der Waals surface area contributed by atoms with Crippen LogP contribution in [0.15, 0.2) is 35.7 Å². The van der Waals surface area contributed by atoms with Gasteiger partial charge in [-0.15, -0.1) is 11.3 Å². The molecule has 0 bridgehead atoms. The number of nitrogens with one attached hydrogen (secondary N) is 1. The first-order valence-corrected chi connectivity index (χ1v) is 8.16. The van der Waals surface area contributed by atoms with Gasteiger partial charge in [-0.3, -0.25) is 9.59 Å². The third-order valence-electron chi connectivity index (χ3n) is 3.03. The van der Waals surface area contributed by atoms with Crippen LogP contribution in [0.3, 0.4) is 0 Å². The van der Waals surface area contributed by atoms with Gasteiger partial charge in [0.1, 0.15) is 5.75 Å². The summed E-state index contributed by atoms with van der Waals surface area (Å²) in [5, 5.41) is 5.59. The summed E-state index contributed by atoms with van der Waals surface area (Å²) in [6.07, 6.45) is 3.11. The highest BCUT2D eigenvalue weighted by Crippen LogP contribution is 2.16. The highest BCUT2D eigenvalue weighted by atomic mass is 32.1. The van der Waals surface area contributed by atoms with Gasteiger partial charge in [0.25, 0.3) is 5.91 Å². The summed E-state index contributed by atoms with van der Waals surface area (Å²) >= 11 is 1.53. The molecule has 1 heterocycles. The first-order chi connectivity index (χ1) is 11.4. The average molecular weight is 345 g/mol. The molecular weight excluding hydrogens is 326 g/mol. The van der Waals surface area contributed by atoms with Crippen molar-refractivity contribution < 1.29 is 14.3 Å². The molecule has 24 heavy (non-hydrogen) atoms. The Kier molecular flexibility index (Phi) is 6.08. The molecule has 0 aliphatic carbocycles. The quantitative estimate of drug-likeness (QED) is 0.817. The number of hydrogen-bond donors (Lipinski definition) is 1. The topological polar surface area (TPSA) is 71.5 Å². The number of ether oxygens (including phenoxy) is 1. The number of anilines is 1. The molecule has 1 aromatic heterocycles.